The Kier molecular flexibility index (Phi) is 2.89. The lowest BCUT2D eigenvalue weighted by molar-refractivity contribution is -0.0234. The molecule has 3 heterocycles. The van der Waals surface area contributed by atoms with Crippen molar-refractivity contribution in [2.24, 2.45) is 0 Å². The van der Waals surface area contributed by atoms with Gasteiger partial charge in [-0.1, -0.05) is 13.8 Å². The number of imidazole rings is 1. The number of ether oxygens (including phenoxy) is 1. The second-order valence-electron chi connectivity index (χ2n) is 5.18. The van der Waals surface area contributed by atoms with Gasteiger partial charge in [-0.2, -0.15) is 0 Å². The molecule has 0 bridgehead atoms. The molecule has 19 heavy (non-hydrogen) atoms. The van der Waals surface area contributed by atoms with Gasteiger partial charge < -0.3 is 4.74 Å². The maximum absolute atomic E-state index is 12.4. The van der Waals surface area contributed by atoms with Crippen LogP contribution in [0, 0.1) is 0 Å². The molecule has 0 unspecified atom stereocenters. The summed E-state index contributed by atoms with van der Waals surface area (Å²) in [5.74, 6) is 0.299. The zero-order chi connectivity index (χ0) is 13.6. The smallest absolute Gasteiger partial charge is 0.331 e. The minimum atomic E-state index is -0.0355. The van der Waals surface area contributed by atoms with Crippen molar-refractivity contribution in [3.8, 4) is 0 Å². The van der Waals surface area contributed by atoms with Gasteiger partial charge in [0.25, 0.3) is 0 Å². The second-order valence-corrected chi connectivity index (χ2v) is 5.18. The molecular weight excluding hydrogens is 244 g/mol. The molecule has 0 N–H and O–H groups in total. The Hall–Kier alpha value is -1.69. The number of rotatable bonds is 3. The summed E-state index contributed by atoms with van der Waals surface area (Å²) in [6.07, 6.45) is 1.77. The summed E-state index contributed by atoms with van der Waals surface area (Å²) in [4.78, 5) is 21.5. The Labute approximate surface area is 111 Å². The maximum Gasteiger partial charge on any atom is 0.331 e. The lowest BCUT2D eigenvalue weighted by Gasteiger charge is -2.26. The van der Waals surface area contributed by atoms with E-state index in [1.165, 1.54) is 0 Å². The van der Waals surface area contributed by atoms with Crippen LogP contribution in [0.15, 0.2) is 11.0 Å². The first-order chi connectivity index (χ1) is 9.13. The molecule has 0 amide bonds. The monoisotopic (exact) mass is 262 g/mol. The molecule has 3 rings (SSSR count). The van der Waals surface area contributed by atoms with Crippen LogP contribution in [0.25, 0.3) is 11.3 Å². The van der Waals surface area contributed by atoms with Gasteiger partial charge in [0, 0.05) is 6.54 Å². The fourth-order valence-electron chi connectivity index (χ4n) is 2.31. The lowest BCUT2D eigenvalue weighted by atomic mass is 10.1. The fraction of sp³-hybridized carbons (Fsp3) is 0.615. The van der Waals surface area contributed by atoms with E-state index in [-0.39, 0.29) is 11.7 Å². The molecule has 0 aliphatic carbocycles. The first-order valence-corrected chi connectivity index (χ1v) is 6.69. The van der Waals surface area contributed by atoms with E-state index in [1.54, 1.807) is 15.3 Å². The van der Waals surface area contributed by atoms with Crippen LogP contribution in [0.3, 0.4) is 0 Å². The van der Waals surface area contributed by atoms with Gasteiger partial charge in [-0.15, -0.1) is 0 Å². The predicted molar refractivity (Wildman–Crippen MR) is 71.4 cm³/mol. The number of hydrogen-bond acceptors (Lipinski definition) is 4. The molecule has 1 aliphatic rings. The van der Waals surface area contributed by atoms with Gasteiger partial charge >= 0.3 is 5.69 Å². The highest BCUT2D eigenvalue weighted by molar-refractivity contribution is 5.67. The van der Waals surface area contributed by atoms with E-state index < -0.39 is 0 Å². The number of hydrogen-bond donors (Lipinski definition) is 0. The van der Waals surface area contributed by atoms with E-state index >= 15 is 0 Å². The van der Waals surface area contributed by atoms with Crippen molar-refractivity contribution in [2.75, 3.05) is 13.2 Å². The minimum Gasteiger partial charge on any atom is -0.377 e. The highest BCUT2D eigenvalue weighted by Gasteiger charge is 2.27. The van der Waals surface area contributed by atoms with Gasteiger partial charge in [-0.3, -0.25) is 9.13 Å². The lowest BCUT2D eigenvalue weighted by Crippen LogP contribution is -2.37. The van der Waals surface area contributed by atoms with E-state index in [0.717, 1.165) is 5.69 Å². The van der Waals surface area contributed by atoms with Crippen LogP contribution in [0.1, 0.15) is 38.4 Å². The molecule has 0 spiro atoms. The highest BCUT2D eigenvalue weighted by Crippen LogP contribution is 2.21. The third-order valence-electron chi connectivity index (χ3n) is 3.57. The quantitative estimate of drug-likeness (QED) is 0.836. The van der Waals surface area contributed by atoms with Gasteiger partial charge in [0.1, 0.15) is 0 Å². The van der Waals surface area contributed by atoms with Crippen molar-refractivity contribution in [1.82, 2.24) is 19.1 Å². The van der Waals surface area contributed by atoms with Crippen LogP contribution in [0.5, 0.6) is 0 Å². The molecule has 0 radical (unpaired) electrons. The van der Waals surface area contributed by atoms with E-state index in [1.807, 2.05) is 6.92 Å². The molecule has 6 heteroatoms. The molecule has 2 aromatic heterocycles. The molecule has 0 saturated carbocycles. The van der Waals surface area contributed by atoms with Crippen LogP contribution < -0.4 is 5.69 Å². The van der Waals surface area contributed by atoms with Crippen molar-refractivity contribution in [3.05, 3.63) is 22.4 Å². The third-order valence-corrected chi connectivity index (χ3v) is 3.57. The summed E-state index contributed by atoms with van der Waals surface area (Å²) in [7, 11) is 0. The first kappa shape index (κ1) is 12.3. The number of aromatic nitrogens is 4. The minimum absolute atomic E-state index is 0.0355. The first-order valence-electron chi connectivity index (χ1n) is 6.69. The molecule has 6 nitrogen and oxygen atoms in total. The Bertz CT molecular complexity index is 667. The zero-order valence-corrected chi connectivity index (χ0v) is 11.5. The summed E-state index contributed by atoms with van der Waals surface area (Å²) < 4.78 is 8.59. The van der Waals surface area contributed by atoms with E-state index in [2.05, 4.69) is 23.8 Å². The SMILES string of the molecule is CCn1c(=O)n(C2COC2)c2ncc(C(C)C)nc21. The van der Waals surface area contributed by atoms with Crippen molar-refractivity contribution in [1.29, 1.82) is 0 Å². The number of aryl methyl sites for hydroxylation is 1. The Morgan fingerprint density at radius 2 is 2.16 bits per heavy atom. The molecule has 0 aromatic carbocycles. The van der Waals surface area contributed by atoms with E-state index in [4.69, 9.17) is 4.74 Å². The number of fused-ring (bicyclic) bond motifs is 1. The molecule has 102 valence electrons. The molecule has 2 aromatic rings. The van der Waals surface area contributed by atoms with Crippen LogP contribution in [-0.2, 0) is 11.3 Å². The normalized spacial score (nSPS) is 16.2. The van der Waals surface area contributed by atoms with Crippen molar-refractivity contribution < 1.29 is 4.74 Å². The molecule has 1 fully saturated rings. The topological polar surface area (TPSA) is 61.9 Å². The molecular formula is C13H18N4O2. The Morgan fingerprint density at radius 3 is 2.68 bits per heavy atom. The van der Waals surface area contributed by atoms with Crippen LogP contribution in [-0.4, -0.2) is 32.3 Å². The van der Waals surface area contributed by atoms with Crippen LogP contribution >= 0.6 is 0 Å². The van der Waals surface area contributed by atoms with Crippen molar-refractivity contribution in [2.45, 2.75) is 39.3 Å². The average Bonchev–Trinajstić information content (AvgIpc) is 2.60. The van der Waals surface area contributed by atoms with Crippen LogP contribution in [0.2, 0.25) is 0 Å². The van der Waals surface area contributed by atoms with Gasteiger partial charge in [0.2, 0.25) is 0 Å². The summed E-state index contributed by atoms with van der Waals surface area (Å²) in [5, 5.41) is 0. The standard InChI is InChI=1S/C13H18N4O2/c1-4-16-12-11(14-5-10(15-12)8(2)3)17(13(16)18)9-6-19-7-9/h5,8-9H,4,6-7H2,1-3H3. The molecule has 1 aliphatic heterocycles. The van der Waals surface area contributed by atoms with Crippen molar-refractivity contribution >= 4 is 11.3 Å². The predicted octanol–water partition coefficient (Wildman–Crippen LogP) is 1.31. The number of nitrogens with zero attached hydrogens (tertiary/aromatic N) is 4. The molecule has 0 atom stereocenters. The second kappa shape index (κ2) is 4.45. The molecule has 1 saturated heterocycles. The van der Waals surface area contributed by atoms with Gasteiger partial charge in [0.15, 0.2) is 11.3 Å². The van der Waals surface area contributed by atoms with E-state index in [9.17, 15) is 4.79 Å². The zero-order valence-electron chi connectivity index (χ0n) is 11.5. The largest absolute Gasteiger partial charge is 0.377 e. The summed E-state index contributed by atoms with van der Waals surface area (Å²) in [6.45, 7) is 7.85. The Balaban J connectivity index is 2.27. The third kappa shape index (κ3) is 1.78. The average molecular weight is 262 g/mol. The van der Waals surface area contributed by atoms with Gasteiger partial charge in [-0.25, -0.2) is 14.8 Å². The fourth-order valence-corrected chi connectivity index (χ4v) is 2.31. The van der Waals surface area contributed by atoms with Crippen molar-refractivity contribution in [3.63, 3.8) is 0 Å². The van der Waals surface area contributed by atoms with Crippen LogP contribution in [0.4, 0.5) is 0 Å². The highest BCUT2D eigenvalue weighted by atomic mass is 16.5. The van der Waals surface area contributed by atoms with Gasteiger partial charge in [0.05, 0.1) is 31.1 Å². The summed E-state index contributed by atoms with van der Waals surface area (Å²) in [6, 6.07) is 0.0991. The van der Waals surface area contributed by atoms with E-state index in [0.29, 0.717) is 37.0 Å². The van der Waals surface area contributed by atoms with Gasteiger partial charge in [-0.05, 0) is 12.8 Å². The summed E-state index contributed by atoms with van der Waals surface area (Å²) in [5.41, 5.74) is 2.23. The summed E-state index contributed by atoms with van der Waals surface area (Å²) >= 11 is 0. The Morgan fingerprint density at radius 1 is 1.42 bits per heavy atom. The maximum atomic E-state index is 12.4.